The van der Waals surface area contributed by atoms with Gasteiger partial charge >= 0.3 is 11.9 Å². The van der Waals surface area contributed by atoms with Crippen molar-refractivity contribution in [3.63, 3.8) is 0 Å². The average Bonchev–Trinajstić information content (AvgIpc) is 2.68. The second-order valence-electron chi connectivity index (χ2n) is 3.31. The van der Waals surface area contributed by atoms with Crippen molar-refractivity contribution in [3.05, 3.63) is 0 Å². The number of hydrogen-bond donors (Lipinski definition) is 2. The highest BCUT2D eigenvalue weighted by Crippen LogP contribution is 2.36. The normalized spacial score (nSPS) is 18.7. The van der Waals surface area contributed by atoms with E-state index in [0.717, 1.165) is 12.8 Å². The highest BCUT2D eigenvalue weighted by atomic mass is 16.4. The Morgan fingerprint density at radius 3 is 2.25 bits per heavy atom. The molecule has 0 amide bonds. The molecule has 0 spiro atoms. The lowest BCUT2D eigenvalue weighted by Crippen LogP contribution is -2.18. The standard InChI is InChI=1S/C8H12O4/c9-7(10)4-6(8(11)12)3-5-1-2-5/h5-6H,1-4H2,(H,9,10)(H,11,12)/t6-/m1/s1. The SMILES string of the molecule is O=C(O)C[C@@H](CC1CC1)C(=O)O. The summed E-state index contributed by atoms with van der Waals surface area (Å²) < 4.78 is 0. The van der Waals surface area contributed by atoms with Crippen LogP contribution in [0.5, 0.6) is 0 Å². The zero-order valence-corrected chi connectivity index (χ0v) is 6.69. The molecular weight excluding hydrogens is 160 g/mol. The summed E-state index contributed by atoms with van der Waals surface area (Å²) in [6.07, 6.45) is 2.40. The largest absolute Gasteiger partial charge is 0.481 e. The molecular formula is C8H12O4. The van der Waals surface area contributed by atoms with Crippen LogP contribution in [0.1, 0.15) is 25.7 Å². The number of aliphatic carboxylic acids is 2. The Kier molecular flexibility index (Phi) is 2.68. The molecule has 1 saturated carbocycles. The number of rotatable bonds is 5. The van der Waals surface area contributed by atoms with Gasteiger partial charge in [-0.15, -0.1) is 0 Å². The Balaban J connectivity index is 2.36. The first-order chi connectivity index (χ1) is 5.59. The molecule has 0 radical (unpaired) electrons. The quantitative estimate of drug-likeness (QED) is 0.647. The summed E-state index contributed by atoms with van der Waals surface area (Å²) in [7, 11) is 0. The van der Waals surface area contributed by atoms with Crippen molar-refractivity contribution < 1.29 is 19.8 Å². The molecule has 0 aromatic carbocycles. The maximum Gasteiger partial charge on any atom is 0.307 e. The molecule has 4 heteroatoms. The zero-order valence-electron chi connectivity index (χ0n) is 6.69. The molecule has 0 heterocycles. The molecule has 1 atom stereocenters. The molecule has 0 saturated heterocycles. The molecule has 1 rings (SSSR count). The molecule has 0 aliphatic heterocycles. The molecule has 1 aliphatic carbocycles. The molecule has 0 bridgehead atoms. The van der Waals surface area contributed by atoms with Crippen molar-refractivity contribution in [2.24, 2.45) is 11.8 Å². The topological polar surface area (TPSA) is 74.6 Å². The minimum absolute atomic E-state index is 0.244. The van der Waals surface area contributed by atoms with Crippen LogP contribution in [0.2, 0.25) is 0 Å². The fourth-order valence-electron chi connectivity index (χ4n) is 1.24. The predicted octanol–water partition coefficient (Wildman–Crippen LogP) is 0.962. The molecule has 1 fully saturated rings. The number of carboxylic acid groups (broad SMARTS) is 2. The van der Waals surface area contributed by atoms with Gasteiger partial charge in [0.05, 0.1) is 12.3 Å². The van der Waals surface area contributed by atoms with Crippen LogP contribution in [0, 0.1) is 11.8 Å². The zero-order chi connectivity index (χ0) is 9.14. The average molecular weight is 172 g/mol. The monoisotopic (exact) mass is 172 g/mol. The van der Waals surface area contributed by atoms with E-state index in [2.05, 4.69) is 0 Å². The van der Waals surface area contributed by atoms with Crippen molar-refractivity contribution in [1.82, 2.24) is 0 Å². The first-order valence-electron chi connectivity index (χ1n) is 4.04. The first-order valence-corrected chi connectivity index (χ1v) is 4.04. The Morgan fingerprint density at radius 1 is 1.33 bits per heavy atom. The van der Waals surface area contributed by atoms with Gasteiger partial charge in [0, 0.05) is 0 Å². The molecule has 1 aliphatic rings. The van der Waals surface area contributed by atoms with E-state index >= 15 is 0 Å². The second-order valence-corrected chi connectivity index (χ2v) is 3.31. The van der Waals surface area contributed by atoms with E-state index in [1.807, 2.05) is 0 Å². The summed E-state index contributed by atoms with van der Waals surface area (Å²) in [5, 5.41) is 17.0. The van der Waals surface area contributed by atoms with Crippen molar-refractivity contribution in [1.29, 1.82) is 0 Å². The van der Waals surface area contributed by atoms with Gasteiger partial charge in [0.1, 0.15) is 0 Å². The van der Waals surface area contributed by atoms with E-state index in [0.29, 0.717) is 12.3 Å². The van der Waals surface area contributed by atoms with Gasteiger partial charge in [0.15, 0.2) is 0 Å². The molecule has 0 unspecified atom stereocenters. The maximum absolute atomic E-state index is 10.5. The van der Waals surface area contributed by atoms with Crippen molar-refractivity contribution in [2.45, 2.75) is 25.7 Å². The smallest absolute Gasteiger partial charge is 0.307 e. The lowest BCUT2D eigenvalue weighted by Gasteiger charge is -2.07. The van der Waals surface area contributed by atoms with Crippen LogP contribution in [-0.4, -0.2) is 22.2 Å². The van der Waals surface area contributed by atoms with Crippen LogP contribution in [0.15, 0.2) is 0 Å². The molecule has 0 aromatic rings. The van der Waals surface area contributed by atoms with Gasteiger partial charge in [-0.1, -0.05) is 12.8 Å². The highest BCUT2D eigenvalue weighted by molar-refractivity contribution is 5.77. The van der Waals surface area contributed by atoms with Gasteiger partial charge in [-0.25, -0.2) is 0 Å². The lowest BCUT2D eigenvalue weighted by atomic mass is 9.99. The van der Waals surface area contributed by atoms with Crippen LogP contribution in [-0.2, 0) is 9.59 Å². The molecule has 68 valence electrons. The number of carboxylic acids is 2. The van der Waals surface area contributed by atoms with Gasteiger partial charge in [-0.2, -0.15) is 0 Å². The van der Waals surface area contributed by atoms with E-state index in [1.54, 1.807) is 0 Å². The van der Waals surface area contributed by atoms with Gasteiger partial charge < -0.3 is 10.2 Å². The Bertz CT molecular complexity index is 195. The fraction of sp³-hybridized carbons (Fsp3) is 0.750. The molecule has 2 N–H and O–H groups in total. The third kappa shape index (κ3) is 2.90. The summed E-state index contributed by atoms with van der Waals surface area (Å²) in [5.74, 6) is -2.23. The highest BCUT2D eigenvalue weighted by Gasteiger charge is 2.30. The van der Waals surface area contributed by atoms with Crippen LogP contribution >= 0.6 is 0 Å². The predicted molar refractivity (Wildman–Crippen MR) is 40.7 cm³/mol. The number of hydrogen-bond acceptors (Lipinski definition) is 2. The van der Waals surface area contributed by atoms with Crippen LogP contribution in [0.3, 0.4) is 0 Å². The minimum atomic E-state index is -1.02. The third-order valence-electron chi connectivity index (χ3n) is 2.09. The summed E-state index contributed by atoms with van der Waals surface area (Å²) in [4.78, 5) is 20.8. The van der Waals surface area contributed by atoms with Crippen LogP contribution in [0.25, 0.3) is 0 Å². The molecule has 12 heavy (non-hydrogen) atoms. The summed E-state index contributed by atoms with van der Waals surface area (Å²) >= 11 is 0. The van der Waals surface area contributed by atoms with E-state index in [-0.39, 0.29) is 6.42 Å². The van der Waals surface area contributed by atoms with E-state index in [9.17, 15) is 9.59 Å². The Morgan fingerprint density at radius 2 is 1.92 bits per heavy atom. The van der Waals surface area contributed by atoms with Gasteiger partial charge in [0.25, 0.3) is 0 Å². The van der Waals surface area contributed by atoms with Gasteiger partial charge in [0.2, 0.25) is 0 Å². The summed E-state index contributed by atoms with van der Waals surface area (Å²) in [5.41, 5.74) is 0. The lowest BCUT2D eigenvalue weighted by molar-refractivity contribution is -0.148. The van der Waals surface area contributed by atoms with Crippen molar-refractivity contribution >= 4 is 11.9 Å². The van der Waals surface area contributed by atoms with Crippen molar-refractivity contribution in [3.8, 4) is 0 Å². The van der Waals surface area contributed by atoms with Crippen molar-refractivity contribution in [2.75, 3.05) is 0 Å². The van der Waals surface area contributed by atoms with Crippen LogP contribution < -0.4 is 0 Å². The molecule has 0 aromatic heterocycles. The number of carbonyl (C=O) groups is 2. The van der Waals surface area contributed by atoms with Gasteiger partial charge in [-0.05, 0) is 12.3 Å². The first kappa shape index (κ1) is 9.03. The van der Waals surface area contributed by atoms with E-state index in [1.165, 1.54) is 0 Å². The minimum Gasteiger partial charge on any atom is -0.481 e. The maximum atomic E-state index is 10.5. The van der Waals surface area contributed by atoms with E-state index < -0.39 is 17.9 Å². The summed E-state index contributed by atoms with van der Waals surface area (Å²) in [6, 6.07) is 0. The molecule has 4 nitrogen and oxygen atoms in total. The van der Waals surface area contributed by atoms with E-state index in [4.69, 9.17) is 10.2 Å². The van der Waals surface area contributed by atoms with Crippen LogP contribution in [0.4, 0.5) is 0 Å². The summed E-state index contributed by atoms with van der Waals surface area (Å²) in [6.45, 7) is 0. The Labute approximate surface area is 70.2 Å². The Hall–Kier alpha value is -1.06. The fourth-order valence-corrected chi connectivity index (χ4v) is 1.24. The van der Waals surface area contributed by atoms with Gasteiger partial charge in [-0.3, -0.25) is 9.59 Å². The third-order valence-corrected chi connectivity index (χ3v) is 2.09. The second kappa shape index (κ2) is 3.56.